The molecule has 0 amide bonds. The topological polar surface area (TPSA) is 9.23 Å². The summed E-state index contributed by atoms with van der Waals surface area (Å²) in [7, 11) is 1.74. The van der Waals surface area contributed by atoms with Gasteiger partial charge < -0.3 is 4.74 Å². The molecule has 0 aliphatic heterocycles. The average Bonchev–Trinajstić information content (AvgIpc) is 2.29. The molecule has 0 aromatic heterocycles. The summed E-state index contributed by atoms with van der Waals surface area (Å²) in [5.41, 5.74) is 4.98. The molecule has 1 aromatic rings. The van der Waals surface area contributed by atoms with Gasteiger partial charge in [-0.3, -0.25) is 0 Å². The minimum Gasteiger partial charge on any atom is -0.496 e. The standard InChI is InChI=1S/C14H19BrO/c1-10-7-8-13(11(2)6-5-9-15)14(16-4)12(10)3/h6-8H,5,9H2,1-4H3/b11-6+. The molecule has 0 aliphatic rings. The van der Waals surface area contributed by atoms with Crippen LogP contribution in [0.5, 0.6) is 5.75 Å². The van der Waals surface area contributed by atoms with Crippen LogP contribution in [-0.2, 0) is 0 Å². The van der Waals surface area contributed by atoms with Crippen molar-refractivity contribution in [2.45, 2.75) is 27.2 Å². The van der Waals surface area contributed by atoms with Gasteiger partial charge in [-0.15, -0.1) is 0 Å². The van der Waals surface area contributed by atoms with Crippen molar-refractivity contribution in [2.75, 3.05) is 12.4 Å². The van der Waals surface area contributed by atoms with Crippen molar-refractivity contribution >= 4 is 21.5 Å². The van der Waals surface area contributed by atoms with Gasteiger partial charge in [0.25, 0.3) is 0 Å². The second-order valence-electron chi connectivity index (χ2n) is 3.95. The number of hydrogen-bond acceptors (Lipinski definition) is 1. The van der Waals surface area contributed by atoms with Crippen molar-refractivity contribution in [3.05, 3.63) is 34.9 Å². The molecule has 0 unspecified atom stereocenters. The van der Waals surface area contributed by atoms with E-state index in [-0.39, 0.29) is 0 Å². The fourth-order valence-electron chi connectivity index (χ4n) is 1.74. The molecule has 1 rings (SSSR count). The maximum absolute atomic E-state index is 5.51. The van der Waals surface area contributed by atoms with Crippen LogP contribution in [0, 0.1) is 13.8 Å². The van der Waals surface area contributed by atoms with Crippen LogP contribution in [0.25, 0.3) is 5.57 Å². The molecule has 16 heavy (non-hydrogen) atoms. The summed E-state index contributed by atoms with van der Waals surface area (Å²) in [6, 6.07) is 4.29. The molecule has 1 aromatic carbocycles. The van der Waals surface area contributed by atoms with E-state index in [4.69, 9.17) is 4.74 Å². The molecular formula is C14H19BrO. The summed E-state index contributed by atoms with van der Waals surface area (Å²) in [6.07, 6.45) is 3.28. The van der Waals surface area contributed by atoms with Crippen molar-refractivity contribution in [3.8, 4) is 5.75 Å². The van der Waals surface area contributed by atoms with Crippen molar-refractivity contribution < 1.29 is 4.74 Å². The van der Waals surface area contributed by atoms with E-state index in [2.05, 4.69) is 54.9 Å². The van der Waals surface area contributed by atoms with Gasteiger partial charge in [-0.2, -0.15) is 0 Å². The zero-order valence-corrected chi connectivity index (χ0v) is 12.0. The van der Waals surface area contributed by atoms with Crippen molar-refractivity contribution in [1.29, 1.82) is 0 Å². The lowest BCUT2D eigenvalue weighted by atomic mass is 9.99. The third-order valence-corrected chi connectivity index (χ3v) is 3.32. The first-order valence-electron chi connectivity index (χ1n) is 5.49. The zero-order chi connectivity index (χ0) is 12.1. The fourth-order valence-corrected chi connectivity index (χ4v) is 1.97. The highest BCUT2D eigenvalue weighted by Gasteiger charge is 2.09. The second-order valence-corrected chi connectivity index (χ2v) is 4.75. The van der Waals surface area contributed by atoms with Crippen LogP contribution in [0.15, 0.2) is 18.2 Å². The Kier molecular flexibility index (Phi) is 5.07. The number of methoxy groups -OCH3 is 1. The van der Waals surface area contributed by atoms with Crippen molar-refractivity contribution in [2.24, 2.45) is 0 Å². The lowest BCUT2D eigenvalue weighted by Gasteiger charge is -2.13. The lowest BCUT2D eigenvalue weighted by Crippen LogP contribution is -1.95. The number of ether oxygens (including phenoxy) is 1. The number of hydrogen-bond donors (Lipinski definition) is 0. The molecule has 0 radical (unpaired) electrons. The average molecular weight is 283 g/mol. The smallest absolute Gasteiger partial charge is 0.129 e. The first-order valence-corrected chi connectivity index (χ1v) is 6.61. The van der Waals surface area contributed by atoms with Gasteiger partial charge in [0.05, 0.1) is 7.11 Å². The molecule has 2 heteroatoms. The summed E-state index contributed by atoms with van der Waals surface area (Å²) in [5, 5.41) is 0.998. The molecule has 0 bridgehead atoms. The first kappa shape index (κ1) is 13.3. The Labute approximate surface area is 107 Å². The third-order valence-electron chi connectivity index (χ3n) is 2.87. The fraction of sp³-hybridized carbons (Fsp3) is 0.429. The maximum atomic E-state index is 5.51. The molecule has 1 nitrogen and oxygen atoms in total. The van der Waals surface area contributed by atoms with E-state index in [1.54, 1.807) is 7.11 Å². The van der Waals surface area contributed by atoms with E-state index in [9.17, 15) is 0 Å². The SMILES string of the molecule is COc1c(/C(C)=C/CCBr)ccc(C)c1C. The van der Waals surface area contributed by atoms with Gasteiger partial charge in [0.2, 0.25) is 0 Å². The van der Waals surface area contributed by atoms with Crippen LogP contribution < -0.4 is 4.74 Å². The molecule has 0 N–H and O–H groups in total. The van der Waals surface area contributed by atoms with Gasteiger partial charge in [-0.05, 0) is 43.9 Å². The third kappa shape index (κ3) is 2.88. The van der Waals surface area contributed by atoms with E-state index in [0.29, 0.717) is 0 Å². The Morgan fingerprint density at radius 3 is 2.62 bits per heavy atom. The van der Waals surface area contributed by atoms with Crippen LogP contribution >= 0.6 is 15.9 Å². The molecule has 0 heterocycles. The van der Waals surface area contributed by atoms with E-state index in [1.165, 1.54) is 22.3 Å². The number of benzene rings is 1. The van der Waals surface area contributed by atoms with Crippen LogP contribution in [-0.4, -0.2) is 12.4 Å². The zero-order valence-electron chi connectivity index (χ0n) is 10.4. The number of alkyl halides is 1. The highest BCUT2D eigenvalue weighted by molar-refractivity contribution is 9.09. The molecule has 0 saturated carbocycles. The van der Waals surface area contributed by atoms with Gasteiger partial charge >= 0.3 is 0 Å². The first-order chi connectivity index (χ1) is 7.61. The Hall–Kier alpha value is -0.760. The van der Waals surface area contributed by atoms with E-state index in [0.717, 1.165) is 17.5 Å². The van der Waals surface area contributed by atoms with Crippen molar-refractivity contribution in [1.82, 2.24) is 0 Å². The monoisotopic (exact) mass is 282 g/mol. The van der Waals surface area contributed by atoms with Crippen LogP contribution in [0.2, 0.25) is 0 Å². The second kappa shape index (κ2) is 6.09. The molecule has 0 aliphatic carbocycles. The van der Waals surface area contributed by atoms with E-state index < -0.39 is 0 Å². The van der Waals surface area contributed by atoms with Crippen molar-refractivity contribution in [3.63, 3.8) is 0 Å². The van der Waals surface area contributed by atoms with Gasteiger partial charge in [0.15, 0.2) is 0 Å². The molecular weight excluding hydrogens is 264 g/mol. The number of rotatable bonds is 4. The van der Waals surface area contributed by atoms with Gasteiger partial charge in [0.1, 0.15) is 5.75 Å². The highest BCUT2D eigenvalue weighted by Crippen LogP contribution is 2.31. The number of halogens is 1. The Morgan fingerprint density at radius 2 is 2.06 bits per heavy atom. The van der Waals surface area contributed by atoms with Crippen LogP contribution in [0.3, 0.4) is 0 Å². The van der Waals surface area contributed by atoms with Crippen LogP contribution in [0.1, 0.15) is 30.0 Å². The van der Waals surface area contributed by atoms with E-state index in [1.807, 2.05) is 0 Å². The summed E-state index contributed by atoms with van der Waals surface area (Å²) in [6.45, 7) is 6.35. The van der Waals surface area contributed by atoms with E-state index >= 15 is 0 Å². The van der Waals surface area contributed by atoms with Gasteiger partial charge in [-0.25, -0.2) is 0 Å². The maximum Gasteiger partial charge on any atom is 0.129 e. The predicted octanol–water partition coefficient (Wildman–Crippen LogP) is 4.50. The molecule has 0 spiro atoms. The number of aryl methyl sites for hydroxylation is 1. The molecule has 0 atom stereocenters. The minimum atomic E-state index is 0.998. The normalized spacial score (nSPS) is 11.7. The number of allylic oxidation sites excluding steroid dienone is 2. The summed E-state index contributed by atoms with van der Waals surface area (Å²) in [5.74, 6) is 1.00. The largest absolute Gasteiger partial charge is 0.496 e. The Bertz CT molecular complexity index is 394. The van der Waals surface area contributed by atoms with Gasteiger partial charge in [0, 0.05) is 10.9 Å². The lowest BCUT2D eigenvalue weighted by molar-refractivity contribution is 0.410. The highest BCUT2D eigenvalue weighted by atomic mass is 79.9. The van der Waals surface area contributed by atoms with Crippen LogP contribution in [0.4, 0.5) is 0 Å². The minimum absolute atomic E-state index is 0.998. The molecule has 88 valence electrons. The summed E-state index contributed by atoms with van der Waals surface area (Å²) >= 11 is 3.44. The molecule has 0 fully saturated rings. The Balaban J connectivity index is 3.18. The quantitative estimate of drug-likeness (QED) is 0.739. The predicted molar refractivity (Wildman–Crippen MR) is 74.5 cm³/mol. The summed E-state index contributed by atoms with van der Waals surface area (Å²) in [4.78, 5) is 0. The molecule has 0 saturated heterocycles. The summed E-state index contributed by atoms with van der Waals surface area (Å²) < 4.78 is 5.51. The Morgan fingerprint density at radius 1 is 1.38 bits per heavy atom. The van der Waals surface area contributed by atoms with Gasteiger partial charge in [-0.1, -0.05) is 34.1 Å².